The van der Waals surface area contributed by atoms with Crippen molar-refractivity contribution in [2.45, 2.75) is 46.7 Å². The van der Waals surface area contributed by atoms with Gasteiger partial charge in [-0.1, -0.05) is 45.0 Å². The van der Waals surface area contributed by atoms with Crippen molar-refractivity contribution in [1.82, 2.24) is 19.9 Å². The molecule has 33 heavy (non-hydrogen) atoms. The van der Waals surface area contributed by atoms with Crippen LogP contribution in [0.3, 0.4) is 0 Å². The summed E-state index contributed by atoms with van der Waals surface area (Å²) in [6.45, 7) is 16.4. The van der Waals surface area contributed by atoms with Crippen molar-refractivity contribution in [2.24, 2.45) is 5.41 Å². The summed E-state index contributed by atoms with van der Waals surface area (Å²) < 4.78 is 1.90. The minimum Gasteiger partial charge on any atom is -0.358 e. The number of anilines is 2. The van der Waals surface area contributed by atoms with E-state index in [1.807, 2.05) is 54.2 Å². The summed E-state index contributed by atoms with van der Waals surface area (Å²) >= 11 is 0. The van der Waals surface area contributed by atoms with Gasteiger partial charge in [0, 0.05) is 31.5 Å². The molecule has 0 unspecified atom stereocenters. The maximum atomic E-state index is 13.2. The second-order valence-electron chi connectivity index (χ2n) is 9.01. The number of hydrogen-bond acceptors (Lipinski definition) is 5. The van der Waals surface area contributed by atoms with Gasteiger partial charge in [0.05, 0.1) is 6.57 Å². The van der Waals surface area contributed by atoms with Gasteiger partial charge in [-0.15, -0.1) is 0 Å². The molecule has 0 aliphatic carbocycles. The second-order valence-corrected chi connectivity index (χ2v) is 9.01. The van der Waals surface area contributed by atoms with E-state index in [9.17, 15) is 4.79 Å². The Morgan fingerprint density at radius 1 is 1.15 bits per heavy atom. The predicted octanol–water partition coefficient (Wildman–Crippen LogP) is 4.78. The highest BCUT2D eigenvalue weighted by molar-refractivity contribution is 5.84. The van der Waals surface area contributed by atoms with Crippen LogP contribution in [0.4, 0.5) is 17.5 Å². The number of hydrogen-bond donors (Lipinski definition) is 3. The molecule has 3 N–H and O–H groups in total. The molecule has 0 bridgehead atoms. The lowest BCUT2D eigenvalue weighted by atomic mass is 9.87. The third-order valence-corrected chi connectivity index (χ3v) is 4.90. The molecule has 2 heterocycles. The fourth-order valence-electron chi connectivity index (χ4n) is 3.37. The molecule has 172 valence electrons. The van der Waals surface area contributed by atoms with Crippen molar-refractivity contribution in [3.05, 3.63) is 71.8 Å². The minimum atomic E-state index is -0.477. The van der Waals surface area contributed by atoms with E-state index in [0.29, 0.717) is 42.8 Å². The summed E-state index contributed by atoms with van der Waals surface area (Å²) in [5.41, 5.74) is 1.44. The number of aromatic nitrogens is 3. The fraction of sp³-hybridized carbons (Fsp3) is 0.360. The van der Waals surface area contributed by atoms with E-state index < -0.39 is 6.04 Å². The summed E-state index contributed by atoms with van der Waals surface area (Å²) in [7, 11) is 0. The van der Waals surface area contributed by atoms with Crippen LogP contribution >= 0.6 is 0 Å². The number of carbonyl (C=O) groups is 1. The van der Waals surface area contributed by atoms with Gasteiger partial charge in [-0.3, -0.25) is 4.79 Å². The number of benzene rings is 1. The Morgan fingerprint density at radius 2 is 1.85 bits per heavy atom. The lowest BCUT2D eigenvalue weighted by molar-refractivity contribution is -0.122. The molecule has 1 amide bonds. The van der Waals surface area contributed by atoms with Crippen LogP contribution in [0.25, 0.3) is 10.7 Å². The Labute approximate surface area is 195 Å². The number of nitrogens with zero attached hydrogens (tertiary/aromatic N) is 4. The molecule has 0 fully saturated rings. The fourth-order valence-corrected chi connectivity index (χ4v) is 3.37. The highest BCUT2D eigenvalue weighted by Crippen LogP contribution is 2.24. The van der Waals surface area contributed by atoms with Gasteiger partial charge in [0.25, 0.3) is 0 Å². The topological polar surface area (TPSA) is 88.2 Å². The van der Waals surface area contributed by atoms with Crippen molar-refractivity contribution in [3.8, 4) is 5.82 Å². The van der Waals surface area contributed by atoms with Crippen LogP contribution in [0.15, 0.2) is 54.9 Å². The van der Waals surface area contributed by atoms with Crippen LogP contribution in [0.2, 0.25) is 0 Å². The summed E-state index contributed by atoms with van der Waals surface area (Å²) in [5.74, 6) is 1.69. The van der Waals surface area contributed by atoms with E-state index in [2.05, 4.69) is 51.5 Å². The number of amides is 1. The smallest absolute Gasteiger partial charge is 0.242 e. The van der Waals surface area contributed by atoms with Crippen LogP contribution in [0, 0.1) is 12.0 Å². The third-order valence-electron chi connectivity index (χ3n) is 4.90. The SMILES string of the molecule is [C-]#[N+]c1ccc(CNC(=O)[C@@H](CC(C)(C)C)Nc2cc(-n3cccc3)nc(NCC)n2)cc1. The normalized spacial score (nSPS) is 12.0. The second kappa shape index (κ2) is 10.6. The predicted molar refractivity (Wildman–Crippen MR) is 132 cm³/mol. The molecule has 0 aliphatic rings. The van der Waals surface area contributed by atoms with Crippen molar-refractivity contribution in [3.63, 3.8) is 0 Å². The third kappa shape index (κ3) is 7.07. The largest absolute Gasteiger partial charge is 0.358 e. The van der Waals surface area contributed by atoms with Crippen LogP contribution in [-0.2, 0) is 11.3 Å². The van der Waals surface area contributed by atoms with E-state index in [1.165, 1.54) is 0 Å². The molecule has 0 spiro atoms. The molecule has 0 aliphatic heterocycles. The van der Waals surface area contributed by atoms with Crippen LogP contribution in [0.5, 0.6) is 0 Å². The Hall–Kier alpha value is -3.86. The van der Waals surface area contributed by atoms with Gasteiger partial charge in [0.2, 0.25) is 11.9 Å². The Bertz CT molecular complexity index is 1090. The van der Waals surface area contributed by atoms with Gasteiger partial charge in [0.15, 0.2) is 5.69 Å². The summed E-state index contributed by atoms with van der Waals surface area (Å²) in [4.78, 5) is 25.7. The van der Waals surface area contributed by atoms with Crippen LogP contribution in [-0.4, -0.2) is 33.0 Å². The highest BCUT2D eigenvalue weighted by atomic mass is 16.2. The lowest BCUT2D eigenvalue weighted by Gasteiger charge is -2.27. The van der Waals surface area contributed by atoms with Crippen molar-refractivity contribution in [2.75, 3.05) is 17.2 Å². The molecule has 8 nitrogen and oxygen atoms in total. The summed E-state index contributed by atoms with van der Waals surface area (Å²) in [6, 6.07) is 12.5. The van der Waals surface area contributed by atoms with Crippen molar-refractivity contribution in [1.29, 1.82) is 0 Å². The maximum Gasteiger partial charge on any atom is 0.242 e. The van der Waals surface area contributed by atoms with Gasteiger partial charge < -0.3 is 20.5 Å². The zero-order chi connectivity index (χ0) is 23.8. The zero-order valence-corrected chi connectivity index (χ0v) is 19.6. The molecule has 1 aromatic carbocycles. The zero-order valence-electron chi connectivity index (χ0n) is 19.6. The first kappa shape index (κ1) is 23.8. The molecular formula is C25H31N7O. The molecule has 3 aromatic rings. The number of rotatable bonds is 9. The standard InChI is InChI=1S/C25H31N7O/c1-6-27-24-30-21(15-22(31-24)32-13-7-8-14-32)29-20(16-25(2,3)4)23(33)28-17-18-9-11-19(26-5)12-10-18/h7-15,20H,6,16-17H2,1-4H3,(H,28,33)(H2,27,29,30,31)/t20-/m1/s1. The average Bonchev–Trinajstić information content (AvgIpc) is 3.32. The van der Waals surface area contributed by atoms with Gasteiger partial charge in [-0.25, -0.2) is 4.85 Å². The van der Waals surface area contributed by atoms with Gasteiger partial charge in [-0.2, -0.15) is 9.97 Å². The van der Waals surface area contributed by atoms with Gasteiger partial charge >= 0.3 is 0 Å². The average molecular weight is 446 g/mol. The first-order chi connectivity index (χ1) is 15.8. The van der Waals surface area contributed by atoms with Crippen molar-refractivity contribution >= 4 is 23.4 Å². The Kier molecular flexibility index (Phi) is 7.67. The summed E-state index contributed by atoms with van der Waals surface area (Å²) in [6.07, 6.45) is 4.45. The van der Waals surface area contributed by atoms with E-state index in [1.54, 1.807) is 12.1 Å². The molecule has 0 radical (unpaired) electrons. The molecule has 3 rings (SSSR count). The first-order valence-electron chi connectivity index (χ1n) is 11.0. The quantitative estimate of drug-likeness (QED) is 0.413. The summed E-state index contributed by atoms with van der Waals surface area (Å²) in [5, 5.41) is 9.51. The van der Waals surface area contributed by atoms with Gasteiger partial charge in [-0.05, 0) is 36.5 Å². The maximum absolute atomic E-state index is 13.2. The van der Waals surface area contributed by atoms with E-state index in [0.717, 1.165) is 5.56 Å². The monoisotopic (exact) mass is 445 g/mol. The number of carbonyl (C=O) groups excluding carboxylic acids is 1. The van der Waals surface area contributed by atoms with Gasteiger partial charge in [0.1, 0.15) is 17.7 Å². The van der Waals surface area contributed by atoms with Crippen LogP contribution < -0.4 is 16.0 Å². The van der Waals surface area contributed by atoms with E-state index in [4.69, 9.17) is 6.57 Å². The molecule has 0 saturated heterocycles. The van der Waals surface area contributed by atoms with Crippen LogP contribution in [0.1, 0.15) is 39.7 Å². The first-order valence-corrected chi connectivity index (χ1v) is 11.0. The Balaban J connectivity index is 1.80. The molecule has 1 atom stereocenters. The lowest BCUT2D eigenvalue weighted by Crippen LogP contribution is -2.41. The van der Waals surface area contributed by atoms with E-state index in [-0.39, 0.29) is 11.3 Å². The Morgan fingerprint density at radius 3 is 2.45 bits per heavy atom. The molecule has 2 aromatic heterocycles. The van der Waals surface area contributed by atoms with E-state index >= 15 is 0 Å². The minimum absolute atomic E-state index is 0.0763. The molecule has 8 heteroatoms. The molecular weight excluding hydrogens is 414 g/mol. The highest BCUT2D eigenvalue weighted by Gasteiger charge is 2.25. The molecule has 0 saturated carbocycles. The van der Waals surface area contributed by atoms with Crippen molar-refractivity contribution < 1.29 is 4.79 Å². The number of nitrogens with one attached hydrogen (secondary N) is 3.